The van der Waals surface area contributed by atoms with Crippen LogP contribution in [0.25, 0.3) is 0 Å². The molecule has 0 radical (unpaired) electrons. The van der Waals surface area contributed by atoms with Crippen molar-refractivity contribution in [3.05, 3.63) is 102 Å². The third kappa shape index (κ3) is 12.7. The Morgan fingerprint density at radius 3 is 1.83 bits per heavy atom. The molecule has 4 atom stereocenters. The second-order valence-electron chi connectivity index (χ2n) is 13.6. The zero-order chi connectivity index (χ0) is 34.6. The van der Waals surface area contributed by atoms with Gasteiger partial charge in [-0.3, -0.25) is 9.59 Å². The summed E-state index contributed by atoms with van der Waals surface area (Å²) in [5.74, 6) is -1.49. The number of anilines is 1. The maximum Gasteiger partial charge on any atom is 0.407 e. The molecule has 0 saturated heterocycles. The highest BCUT2D eigenvalue weighted by molar-refractivity contribution is 5.88. The topological polar surface area (TPSA) is 120 Å². The standard InChI is InChI=1S/C38H52N4O5/c1-26(2)34(36(45)39-25-29-18-20-31(21-19-29)42(6)7)41-35(44)30(22-27-14-10-8-11-15-27)24-33(43)32(23-28-16-12-9-13-17-28)40-37(46)47-38(3,4)5/h8-21,26,30,32-34,43H,22-25H2,1-7H3,(H,39,45)(H,40,46)(H,41,44)/t30?,32-,33-,34+/m0/s1. The zero-order valence-corrected chi connectivity index (χ0v) is 28.8. The fourth-order valence-corrected chi connectivity index (χ4v) is 5.26. The average Bonchev–Trinajstić information content (AvgIpc) is 3.01. The van der Waals surface area contributed by atoms with Gasteiger partial charge in [0.1, 0.15) is 11.6 Å². The molecule has 0 bridgehead atoms. The molecule has 254 valence electrons. The van der Waals surface area contributed by atoms with Gasteiger partial charge in [0, 0.05) is 32.2 Å². The average molecular weight is 645 g/mol. The molecule has 0 aliphatic rings. The van der Waals surface area contributed by atoms with Gasteiger partial charge < -0.3 is 30.7 Å². The molecule has 3 aromatic rings. The molecule has 4 N–H and O–H groups in total. The molecule has 3 aromatic carbocycles. The van der Waals surface area contributed by atoms with E-state index < -0.39 is 35.8 Å². The van der Waals surface area contributed by atoms with Gasteiger partial charge in [0.05, 0.1) is 12.1 Å². The van der Waals surface area contributed by atoms with Crippen molar-refractivity contribution in [3.63, 3.8) is 0 Å². The first-order valence-electron chi connectivity index (χ1n) is 16.3. The number of aliphatic hydroxyl groups is 1. The number of carbonyl (C=O) groups excluding carboxylic acids is 3. The first-order chi connectivity index (χ1) is 22.2. The van der Waals surface area contributed by atoms with E-state index in [9.17, 15) is 19.5 Å². The van der Waals surface area contributed by atoms with Crippen molar-refractivity contribution in [1.29, 1.82) is 0 Å². The zero-order valence-electron chi connectivity index (χ0n) is 28.8. The normalized spacial score (nSPS) is 14.0. The van der Waals surface area contributed by atoms with Gasteiger partial charge >= 0.3 is 6.09 Å². The number of nitrogens with zero attached hydrogens (tertiary/aromatic N) is 1. The minimum absolute atomic E-state index is 0.0542. The number of aliphatic hydroxyl groups excluding tert-OH is 1. The monoisotopic (exact) mass is 644 g/mol. The molecule has 0 fully saturated rings. The van der Waals surface area contributed by atoms with Crippen LogP contribution < -0.4 is 20.9 Å². The Morgan fingerprint density at radius 1 is 0.766 bits per heavy atom. The van der Waals surface area contributed by atoms with Gasteiger partial charge in [-0.05, 0) is 74.8 Å². The Balaban J connectivity index is 1.78. The second-order valence-corrected chi connectivity index (χ2v) is 13.6. The molecule has 0 saturated carbocycles. The van der Waals surface area contributed by atoms with E-state index >= 15 is 0 Å². The summed E-state index contributed by atoms with van der Waals surface area (Å²) in [7, 11) is 3.94. The van der Waals surface area contributed by atoms with Gasteiger partial charge in [-0.2, -0.15) is 0 Å². The van der Waals surface area contributed by atoms with E-state index in [1.807, 2.05) is 118 Å². The van der Waals surface area contributed by atoms with Gasteiger partial charge in [-0.1, -0.05) is 86.6 Å². The SMILES string of the molecule is CC(C)[C@@H](NC(=O)C(Cc1ccccc1)C[C@H](O)[C@H](Cc1ccccc1)NC(=O)OC(C)(C)C)C(=O)NCc1ccc(N(C)C)cc1. The van der Waals surface area contributed by atoms with Crippen molar-refractivity contribution in [2.24, 2.45) is 11.8 Å². The van der Waals surface area contributed by atoms with Crippen LogP contribution in [0.15, 0.2) is 84.9 Å². The maximum atomic E-state index is 13.9. The van der Waals surface area contributed by atoms with Gasteiger partial charge in [-0.15, -0.1) is 0 Å². The molecule has 9 heteroatoms. The molecular weight excluding hydrogens is 592 g/mol. The van der Waals surface area contributed by atoms with Crippen molar-refractivity contribution in [2.75, 3.05) is 19.0 Å². The smallest absolute Gasteiger partial charge is 0.407 e. The van der Waals surface area contributed by atoms with Crippen LogP contribution in [0.2, 0.25) is 0 Å². The lowest BCUT2D eigenvalue weighted by atomic mass is 9.88. The maximum absolute atomic E-state index is 13.9. The number of alkyl carbamates (subject to hydrolysis) is 1. The first-order valence-corrected chi connectivity index (χ1v) is 16.3. The van der Waals surface area contributed by atoms with Crippen molar-refractivity contribution in [2.45, 2.75) is 84.2 Å². The predicted molar refractivity (Wildman–Crippen MR) is 187 cm³/mol. The van der Waals surface area contributed by atoms with E-state index in [2.05, 4.69) is 16.0 Å². The summed E-state index contributed by atoms with van der Waals surface area (Å²) in [4.78, 5) is 42.1. The molecule has 3 rings (SSSR count). The Hall–Kier alpha value is -4.37. The number of benzene rings is 3. The Morgan fingerprint density at radius 2 is 1.32 bits per heavy atom. The lowest BCUT2D eigenvalue weighted by Crippen LogP contribution is -2.52. The fourth-order valence-electron chi connectivity index (χ4n) is 5.26. The number of carbonyl (C=O) groups is 3. The van der Waals surface area contributed by atoms with E-state index in [0.717, 1.165) is 22.4 Å². The lowest BCUT2D eigenvalue weighted by molar-refractivity contribution is -0.132. The number of ether oxygens (including phenoxy) is 1. The molecule has 9 nitrogen and oxygen atoms in total. The highest BCUT2D eigenvalue weighted by Crippen LogP contribution is 2.20. The highest BCUT2D eigenvalue weighted by Gasteiger charge is 2.32. The van der Waals surface area contributed by atoms with Crippen LogP contribution in [0.5, 0.6) is 0 Å². The number of nitrogens with one attached hydrogen (secondary N) is 3. The third-order valence-electron chi connectivity index (χ3n) is 7.85. The molecule has 0 heterocycles. The van der Waals surface area contributed by atoms with Crippen LogP contribution >= 0.6 is 0 Å². The Kier molecular flexibility index (Phi) is 13.8. The van der Waals surface area contributed by atoms with E-state index in [1.165, 1.54) is 0 Å². The number of hydrogen-bond acceptors (Lipinski definition) is 6. The van der Waals surface area contributed by atoms with Gasteiger partial charge in [0.15, 0.2) is 0 Å². The fraction of sp³-hybridized carbons (Fsp3) is 0.447. The molecule has 47 heavy (non-hydrogen) atoms. The third-order valence-corrected chi connectivity index (χ3v) is 7.85. The largest absolute Gasteiger partial charge is 0.444 e. The van der Waals surface area contributed by atoms with Crippen molar-refractivity contribution in [1.82, 2.24) is 16.0 Å². The van der Waals surface area contributed by atoms with Crippen LogP contribution in [-0.4, -0.2) is 60.9 Å². The van der Waals surface area contributed by atoms with Crippen LogP contribution in [0.4, 0.5) is 10.5 Å². The first kappa shape index (κ1) is 37.1. The quantitative estimate of drug-likeness (QED) is 0.179. The Bertz CT molecular complexity index is 1410. The van der Waals surface area contributed by atoms with E-state index in [1.54, 1.807) is 20.8 Å². The predicted octanol–water partition coefficient (Wildman–Crippen LogP) is 5.26. The molecule has 3 amide bonds. The van der Waals surface area contributed by atoms with Crippen LogP contribution in [-0.2, 0) is 33.7 Å². The molecule has 0 aliphatic heterocycles. The summed E-state index contributed by atoms with van der Waals surface area (Å²) in [6.07, 6.45) is -0.988. The summed E-state index contributed by atoms with van der Waals surface area (Å²) in [5.41, 5.74) is 3.14. The summed E-state index contributed by atoms with van der Waals surface area (Å²) in [5, 5.41) is 20.4. The number of hydrogen-bond donors (Lipinski definition) is 4. The van der Waals surface area contributed by atoms with Gasteiger partial charge in [-0.25, -0.2) is 4.79 Å². The van der Waals surface area contributed by atoms with E-state index in [0.29, 0.717) is 19.4 Å². The van der Waals surface area contributed by atoms with Gasteiger partial charge in [0.2, 0.25) is 11.8 Å². The van der Waals surface area contributed by atoms with Crippen LogP contribution in [0.3, 0.4) is 0 Å². The molecule has 1 unspecified atom stereocenters. The van der Waals surface area contributed by atoms with E-state index in [-0.39, 0.29) is 24.2 Å². The highest BCUT2D eigenvalue weighted by atomic mass is 16.6. The van der Waals surface area contributed by atoms with E-state index in [4.69, 9.17) is 4.74 Å². The summed E-state index contributed by atoms with van der Waals surface area (Å²) in [6.45, 7) is 9.43. The van der Waals surface area contributed by atoms with Crippen molar-refractivity contribution in [3.8, 4) is 0 Å². The Labute approximate surface area is 280 Å². The van der Waals surface area contributed by atoms with Crippen molar-refractivity contribution < 1.29 is 24.2 Å². The van der Waals surface area contributed by atoms with Crippen LogP contribution in [0.1, 0.15) is 57.7 Å². The minimum Gasteiger partial charge on any atom is -0.444 e. The van der Waals surface area contributed by atoms with Crippen molar-refractivity contribution >= 4 is 23.6 Å². The van der Waals surface area contributed by atoms with Gasteiger partial charge in [0.25, 0.3) is 0 Å². The lowest BCUT2D eigenvalue weighted by Gasteiger charge is -2.30. The minimum atomic E-state index is -1.08. The summed E-state index contributed by atoms with van der Waals surface area (Å²) in [6, 6.07) is 25.5. The summed E-state index contributed by atoms with van der Waals surface area (Å²) >= 11 is 0. The molecule has 0 spiro atoms. The number of amides is 3. The molecule has 0 aliphatic carbocycles. The van der Waals surface area contributed by atoms with Crippen LogP contribution in [0, 0.1) is 11.8 Å². The molecule has 0 aromatic heterocycles. The summed E-state index contributed by atoms with van der Waals surface area (Å²) < 4.78 is 5.49. The number of rotatable bonds is 15. The second kappa shape index (κ2) is 17.5. The molecular formula is C38H52N4O5.